The first-order valence-electron chi connectivity index (χ1n) is 3.37. The number of para-hydroxylation sites is 1. The first kappa shape index (κ1) is 7.00. The Morgan fingerprint density at radius 3 is 2.50 bits per heavy atom. The summed E-state index contributed by atoms with van der Waals surface area (Å²) in [7, 11) is 0. The van der Waals surface area contributed by atoms with Gasteiger partial charge in [0.2, 0.25) is 0 Å². The number of anilines is 1. The molecule has 1 aliphatic heterocycles. The minimum absolute atomic E-state index is 0.123. The highest BCUT2D eigenvalue weighted by Gasteiger charge is 2.29. The third-order valence-electron chi connectivity index (χ3n) is 1.75. The first-order valence-corrected chi connectivity index (χ1v) is 3.37. The number of rotatable bonds is 0. The molecule has 12 heavy (non-hydrogen) atoms. The Kier molecular flexibility index (Phi) is 1.25. The topological polar surface area (TPSA) is 60.4 Å². The van der Waals surface area contributed by atoms with E-state index in [1.807, 2.05) is 0 Å². The van der Waals surface area contributed by atoms with Crippen LogP contribution in [-0.4, -0.2) is 11.7 Å². The Hall–Kier alpha value is -1.68. The minimum atomic E-state index is -1.00. The standard InChI is InChI=1S/C8H4NO3/c10-7-5-3-1-2-4-6(5)9(12)8(7)11/h1-4H/q-1. The number of carbonyl (C=O) groups is 2. The van der Waals surface area contributed by atoms with Crippen molar-refractivity contribution in [1.29, 1.82) is 0 Å². The number of amides is 1. The fraction of sp³-hybridized carbons (Fsp3) is 0. The molecule has 0 aromatic heterocycles. The second kappa shape index (κ2) is 2.15. The lowest BCUT2D eigenvalue weighted by molar-refractivity contribution is -0.113. The van der Waals surface area contributed by atoms with Crippen LogP contribution in [0.2, 0.25) is 0 Å². The Morgan fingerprint density at radius 1 is 1.17 bits per heavy atom. The van der Waals surface area contributed by atoms with Gasteiger partial charge in [0.15, 0.2) is 0 Å². The molecular formula is C8H4NO3-. The Morgan fingerprint density at radius 2 is 1.83 bits per heavy atom. The molecule has 0 radical (unpaired) electrons. The van der Waals surface area contributed by atoms with Gasteiger partial charge in [0, 0.05) is 5.69 Å². The van der Waals surface area contributed by atoms with Gasteiger partial charge in [-0.1, -0.05) is 12.1 Å². The van der Waals surface area contributed by atoms with Gasteiger partial charge in [-0.15, -0.1) is 0 Å². The molecule has 4 heteroatoms. The maximum Gasteiger partial charge on any atom is 0.288 e. The third kappa shape index (κ3) is 0.695. The maximum atomic E-state index is 11.0. The summed E-state index contributed by atoms with van der Waals surface area (Å²) in [6, 6.07) is 6.14. The largest absolute Gasteiger partial charge is 0.751 e. The monoisotopic (exact) mass is 162 g/mol. The number of Topliss-reactive ketones (excluding diaryl/α,β-unsaturated/α-hetero) is 1. The number of hydrogen-bond donors (Lipinski definition) is 0. The highest BCUT2D eigenvalue weighted by atomic mass is 16.5. The van der Waals surface area contributed by atoms with E-state index in [1.165, 1.54) is 12.1 Å². The van der Waals surface area contributed by atoms with E-state index in [0.29, 0.717) is 0 Å². The quantitative estimate of drug-likeness (QED) is 0.528. The lowest BCUT2D eigenvalue weighted by Crippen LogP contribution is -2.22. The van der Waals surface area contributed by atoms with E-state index in [2.05, 4.69) is 0 Å². The average molecular weight is 162 g/mol. The molecule has 0 unspecified atom stereocenters. The second-order valence-electron chi connectivity index (χ2n) is 2.45. The van der Waals surface area contributed by atoms with Crippen molar-refractivity contribution >= 4 is 17.4 Å². The Bertz CT molecular complexity index is 372. The molecule has 1 amide bonds. The zero-order valence-electron chi connectivity index (χ0n) is 5.98. The molecule has 0 saturated carbocycles. The number of hydrogen-bond acceptors (Lipinski definition) is 3. The van der Waals surface area contributed by atoms with E-state index >= 15 is 0 Å². The number of benzene rings is 1. The van der Waals surface area contributed by atoms with Crippen LogP contribution < -0.4 is 5.06 Å². The number of carbonyl (C=O) groups excluding carboxylic acids is 2. The van der Waals surface area contributed by atoms with E-state index in [1.54, 1.807) is 12.1 Å². The maximum absolute atomic E-state index is 11.0. The van der Waals surface area contributed by atoms with Crippen LogP contribution in [0, 0.1) is 5.21 Å². The van der Waals surface area contributed by atoms with Crippen molar-refractivity contribution in [2.45, 2.75) is 0 Å². The van der Waals surface area contributed by atoms with Crippen molar-refractivity contribution in [2.75, 3.05) is 5.06 Å². The molecule has 1 heterocycles. The summed E-state index contributed by atoms with van der Waals surface area (Å²) in [4.78, 5) is 21.8. The summed E-state index contributed by atoms with van der Waals surface area (Å²) in [6.07, 6.45) is 0. The zero-order chi connectivity index (χ0) is 8.72. The van der Waals surface area contributed by atoms with Gasteiger partial charge in [-0.05, 0) is 12.1 Å². The molecule has 0 atom stereocenters. The summed E-state index contributed by atoms with van der Waals surface area (Å²) in [5.41, 5.74) is 0.338. The van der Waals surface area contributed by atoms with Crippen LogP contribution in [0.5, 0.6) is 0 Å². The van der Waals surface area contributed by atoms with Gasteiger partial charge in [-0.2, -0.15) is 0 Å². The van der Waals surface area contributed by atoms with Crippen molar-refractivity contribution in [2.24, 2.45) is 0 Å². The van der Waals surface area contributed by atoms with E-state index < -0.39 is 11.7 Å². The summed E-state index contributed by atoms with van der Waals surface area (Å²) >= 11 is 0. The molecular weight excluding hydrogens is 158 g/mol. The third-order valence-corrected chi connectivity index (χ3v) is 1.75. The van der Waals surface area contributed by atoms with Crippen LogP contribution in [-0.2, 0) is 4.79 Å². The lowest BCUT2D eigenvalue weighted by Gasteiger charge is -2.20. The fourth-order valence-corrected chi connectivity index (χ4v) is 1.16. The van der Waals surface area contributed by atoms with Crippen molar-refractivity contribution in [3.8, 4) is 0 Å². The molecule has 0 spiro atoms. The van der Waals surface area contributed by atoms with E-state index in [-0.39, 0.29) is 16.3 Å². The van der Waals surface area contributed by atoms with E-state index in [9.17, 15) is 14.8 Å². The number of ketones is 1. The van der Waals surface area contributed by atoms with Crippen molar-refractivity contribution in [3.05, 3.63) is 35.0 Å². The van der Waals surface area contributed by atoms with Crippen LogP contribution in [0.1, 0.15) is 10.4 Å². The van der Waals surface area contributed by atoms with Gasteiger partial charge >= 0.3 is 0 Å². The van der Waals surface area contributed by atoms with Gasteiger partial charge in [0.1, 0.15) is 0 Å². The number of nitrogens with zero attached hydrogens (tertiary/aromatic N) is 1. The van der Waals surface area contributed by atoms with Crippen LogP contribution in [0.3, 0.4) is 0 Å². The van der Waals surface area contributed by atoms with Gasteiger partial charge in [0.05, 0.1) is 5.56 Å². The van der Waals surface area contributed by atoms with Crippen molar-refractivity contribution < 1.29 is 9.59 Å². The van der Waals surface area contributed by atoms with Gasteiger partial charge in [-0.3, -0.25) is 9.59 Å². The predicted molar refractivity (Wildman–Crippen MR) is 41.6 cm³/mol. The normalized spacial score (nSPS) is 15.2. The SMILES string of the molecule is O=C1C(=O)N([O-])c2ccccc21. The first-order chi connectivity index (χ1) is 5.72. The summed E-state index contributed by atoms with van der Waals surface area (Å²) in [5.74, 6) is -1.73. The smallest absolute Gasteiger partial charge is 0.288 e. The van der Waals surface area contributed by atoms with Gasteiger partial charge < -0.3 is 10.3 Å². The van der Waals surface area contributed by atoms with Crippen LogP contribution >= 0.6 is 0 Å². The molecule has 0 bridgehead atoms. The van der Waals surface area contributed by atoms with Gasteiger partial charge in [-0.25, -0.2) is 0 Å². The van der Waals surface area contributed by atoms with E-state index in [0.717, 1.165) is 0 Å². The molecule has 0 saturated heterocycles. The highest BCUT2D eigenvalue weighted by molar-refractivity contribution is 6.52. The van der Waals surface area contributed by atoms with Crippen molar-refractivity contribution in [3.63, 3.8) is 0 Å². The van der Waals surface area contributed by atoms with Gasteiger partial charge in [0.25, 0.3) is 11.7 Å². The van der Waals surface area contributed by atoms with Crippen LogP contribution in [0.15, 0.2) is 24.3 Å². The second-order valence-corrected chi connectivity index (χ2v) is 2.45. The molecule has 0 N–H and O–H groups in total. The predicted octanol–water partition coefficient (Wildman–Crippen LogP) is 0.714. The molecule has 1 aliphatic rings. The molecule has 4 nitrogen and oxygen atoms in total. The number of hydroxylamine groups is 1. The van der Waals surface area contributed by atoms with E-state index in [4.69, 9.17) is 0 Å². The van der Waals surface area contributed by atoms with Crippen LogP contribution in [0.4, 0.5) is 5.69 Å². The average Bonchev–Trinajstić information content (AvgIpc) is 2.33. The molecule has 0 fully saturated rings. The fourth-order valence-electron chi connectivity index (χ4n) is 1.16. The lowest BCUT2D eigenvalue weighted by atomic mass is 10.1. The Balaban J connectivity index is 2.67. The zero-order valence-corrected chi connectivity index (χ0v) is 5.98. The molecule has 2 rings (SSSR count). The summed E-state index contributed by atoms with van der Waals surface area (Å²) in [5, 5.41) is 11.1. The molecule has 60 valence electrons. The summed E-state index contributed by atoms with van der Waals surface area (Å²) < 4.78 is 0. The highest BCUT2D eigenvalue weighted by Crippen LogP contribution is 2.26. The van der Waals surface area contributed by atoms with Crippen molar-refractivity contribution in [1.82, 2.24) is 0 Å². The number of fused-ring (bicyclic) bond motifs is 1. The molecule has 0 aliphatic carbocycles. The summed E-state index contributed by atoms with van der Waals surface area (Å²) in [6.45, 7) is 0. The Labute approximate surface area is 68.0 Å². The minimum Gasteiger partial charge on any atom is -0.751 e. The molecule has 1 aromatic carbocycles. The van der Waals surface area contributed by atoms with Crippen LogP contribution in [0.25, 0.3) is 0 Å². The molecule has 1 aromatic rings.